The van der Waals surface area contributed by atoms with Crippen molar-refractivity contribution in [2.75, 3.05) is 100 Å². The standard InChI is InChI=1S/C22H22ClN3O3.C22H22N4O4.C22H24N4O2.C22H23N3O3.C19H19N3O3S/c1-3-26-20-9-8-17(28-2)13-18(20)19(14-24)21(26)15-6-4-7-16(12-15)25-22(27)29-11-5-10-23;1-4-26-19-10-9-16(29-3)12-17(19)18(13-23)20(26)14-7-6-8-15(11-14)24-21(27)25-22(28)30-5-2;1-4-11-24-22(27)25-16-8-6-7-15(12-16)21-19(14-23)18-13-17(28-3)9-10-20(18)26(21)5-2;1-4-11-28-22(26)24-16-8-6-7-15(12-16)21-19(14-23)18-13-17(27-3)9-10-20(18)25(21)5-2;1-4-22-18-9-8-15(25-2)11-16(18)17(12-20)19(22)13-6-5-7-14(10-13)21-26(3,23)24/h4,6-9,12-13H,3,5,10-11H2,1-2H3,(H,25,27);6-12H,4-5H2,1-3H3,(H2,24,25,27,28);6-10,12-13H,4-5,11H2,1-3H3,(H2,24,25,27);6-10,12-13H,4-5,11H2,1-3H3,(H,24,26);5-11,21H,4H2,1-3H3. The largest absolute Gasteiger partial charge is 0.497 e. The highest BCUT2D eigenvalue weighted by Gasteiger charge is 2.27. The summed E-state index contributed by atoms with van der Waals surface area (Å²) >= 11 is 5.60. The first-order valence-corrected chi connectivity index (χ1v) is 47.9. The highest BCUT2D eigenvalue weighted by atomic mass is 35.5. The van der Waals surface area contributed by atoms with Crippen LogP contribution in [0.4, 0.5) is 52.4 Å². The van der Waals surface area contributed by atoms with Crippen LogP contribution in [-0.4, -0.2) is 136 Å². The Hall–Kier alpha value is -17.1. The molecule has 0 saturated carbocycles. The summed E-state index contributed by atoms with van der Waals surface area (Å²) in [6.45, 7) is 20.6. The number of carbonyl (C=O) groups is 5. The van der Waals surface area contributed by atoms with E-state index in [1.165, 1.54) is 0 Å². The molecule has 5 heterocycles. The zero-order valence-electron chi connectivity index (χ0n) is 80.8. The average Bonchev–Trinajstić information content (AvgIpc) is 1.63. The second kappa shape index (κ2) is 49.6. The second-order valence-corrected chi connectivity index (χ2v) is 33.5. The van der Waals surface area contributed by atoms with Crippen LogP contribution in [0.2, 0.25) is 0 Å². The normalized spacial score (nSPS) is 10.6. The molecule has 0 aliphatic carbocycles. The van der Waals surface area contributed by atoms with Crippen LogP contribution in [0.15, 0.2) is 212 Å². The molecule has 0 bridgehead atoms. The van der Waals surface area contributed by atoms with Crippen molar-refractivity contribution in [3.63, 3.8) is 0 Å². The molecule has 32 nitrogen and oxygen atoms in total. The number of halogens is 1. The Kier molecular flexibility index (Phi) is 36.7. The number of aryl methyl sites for hydroxylation is 5. The van der Waals surface area contributed by atoms with E-state index >= 15 is 0 Å². The van der Waals surface area contributed by atoms with E-state index < -0.39 is 34.3 Å². The van der Waals surface area contributed by atoms with Gasteiger partial charge in [0.15, 0.2) is 0 Å². The molecule has 10 aromatic carbocycles. The number of alkyl halides is 1. The number of aromatic nitrogens is 5. The van der Waals surface area contributed by atoms with Crippen molar-refractivity contribution < 1.29 is 70.3 Å². The zero-order chi connectivity index (χ0) is 102. The van der Waals surface area contributed by atoms with Crippen LogP contribution in [0.3, 0.4) is 0 Å². The van der Waals surface area contributed by atoms with E-state index in [2.05, 4.69) is 87.6 Å². The minimum absolute atomic E-state index is 0.165. The maximum absolute atomic E-state index is 12.0. The van der Waals surface area contributed by atoms with Crippen molar-refractivity contribution in [3.8, 4) is 115 Å². The first-order chi connectivity index (χ1) is 68.3. The molecule has 0 aliphatic heterocycles. The van der Waals surface area contributed by atoms with Gasteiger partial charge in [0.1, 0.15) is 59.1 Å². The minimum Gasteiger partial charge on any atom is -0.497 e. The number of alkyl carbamates (subject to hydrolysis) is 1. The number of nitrogens with zero attached hydrogens (tertiary/aromatic N) is 10. The van der Waals surface area contributed by atoms with Crippen LogP contribution in [0.1, 0.15) is 102 Å². The van der Waals surface area contributed by atoms with Crippen LogP contribution in [-0.2, 0) is 57.0 Å². The highest BCUT2D eigenvalue weighted by Crippen LogP contribution is 2.43. The van der Waals surface area contributed by atoms with Crippen molar-refractivity contribution in [3.05, 3.63) is 240 Å². The van der Waals surface area contributed by atoms with E-state index in [-0.39, 0.29) is 19.2 Å². The fraction of sp³-hybridized carbons (Fsp3) is 0.252. The molecule has 15 rings (SSSR count). The predicted molar refractivity (Wildman–Crippen MR) is 552 cm³/mol. The summed E-state index contributed by atoms with van der Waals surface area (Å²) in [4.78, 5) is 59.2. The number of ether oxygens (including phenoxy) is 8. The molecule has 0 spiro atoms. The summed E-state index contributed by atoms with van der Waals surface area (Å²) in [7, 11) is 4.62. The molecule has 726 valence electrons. The Morgan fingerprint density at radius 3 is 0.872 bits per heavy atom. The molecule has 5 aromatic heterocycles. The van der Waals surface area contributed by atoms with Gasteiger partial charge >= 0.3 is 30.3 Å². The van der Waals surface area contributed by atoms with Gasteiger partial charge in [0.25, 0.3) is 0 Å². The highest BCUT2D eigenvalue weighted by molar-refractivity contribution is 7.92. The Labute approximate surface area is 823 Å². The molecule has 0 unspecified atom stereocenters. The van der Waals surface area contributed by atoms with Crippen LogP contribution in [0, 0.1) is 56.7 Å². The van der Waals surface area contributed by atoms with Crippen molar-refractivity contribution in [1.29, 1.82) is 26.3 Å². The number of hydrogen-bond acceptors (Lipinski definition) is 20. The lowest BCUT2D eigenvalue weighted by Crippen LogP contribution is -2.34. The third kappa shape index (κ3) is 24.9. The minimum atomic E-state index is -3.38. The number of methoxy groups -OCH3 is 5. The van der Waals surface area contributed by atoms with Crippen LogP contribution < -0.4 is 60.3 Å². The van der Waals surface area contributed by atoms with Gasteiger partial charge in [-0.3, -0.25) is 15.4 Å². The van der Waals surface area contributed by atoms with Crippen molar-refractivity contribution in [2.45, 2.75) is 107 Å². The van der Waals surface area contributed by atoms with E-state index in [1.807, 2.05) is 214 Å². The molecular weight excluding hydrogens is 1830 g/mol. The molecular formula is C107H110ClN17O15S. The quantitative estimate of drug-likeness (QED) is 0.0130. The molecule has 7 N–H and O–H groups in total. The van der Waals surface area contributed by atoms with E-state index in [9.17, 15) is 58.7 Å². The summed E-state index contributed by atoms with van der Waals surface area (Å²) in [5.41, 5.74) is 18.5. The Bertz CT molecular complexity index is 7300. The monoisotopic (exact) mass is 1940 g/mol. The van der Waals surface area contributed by atoms with Crippen molar-refractivity contribution >= 4 is 135 Å². The summed E-state index contributed by atoms with van der Waals surface area (Å²) in [6, 6.07) is 75.7. The smallest absolute Gasteiger partial charge is 0.415 e. The number of benzene rings is 10. The van der Waals surface area contributed by atoms with Gasteiger partial charge in [-0.2, -0.15) is 26.3 Å². The number of urea groups is 2. The topological polar surface area (TPSA) is 421 Å². The Balaban J connectivity index is 0.000000169. The van der Waals surface area contributed by atoms with E-state index in [0.29, 0.717) is 143 Å². The average molecular weight is 1940 g/mol. The molecule has 15 aromatic rings. The number of anilines is 5. The van der Waals surface area contributed by atoms with Gasteiger partial charge in [-0.05, 0) is 212 Å². The fourth-order valence-corrected chi connectivity index (χ4v) is 17.2. The number of imide groups is 1. The molecule has 7 amide bonds. The zero-order valence-corrected chi connectivity index (χ0v) is 82.4. The van der Waals surface area contributed by atoms with Gasteiger partial charge in [0.2, 0.25) is 10.0 Å². The summed E-state index contributed by atoms with van der Waals surface area (Å²) < 4.78 is 77.4. The molecule has 0 fully saturated rings. The first-order valence-electron chi connectivity index (χ1n) is 45.5. The molecule has 34 heteroatoms. The molecule has 141 heavy (non-hydrogen) atoms. The number of nitriles is 5. The third-order valence-electron chi connectivity index (χ3n) is 22.5. The lowest BCUT2D eigenvalue weighted by atomic mass is 10.1. The molecule has 0 aliphatic rings. The summed E-state index contributed by atoms with van der Waals surface area (Å²) in [5, 5.41) is 69.2. The van der Waals surface area contributed by atoms with Crippen LogP contribution in [0.5, 0.6) is 28.7 Å². The molecule has 0 radical (unpaired) electrons. The Morgan fingerprint density at radius 2 is 0.617 bits per heavy atom. The van der Waals surface area contributed by atoms with E-state index in [1.54, 1.807) is 91.0 Å². The van der Waals surface area contributed by atoms with Gasteiger partial charge in [0.05, 0.1) is 145 Å². The number of amides is 7. The number of carbonyl (C=O) groups excluding carboxylic acids is 5. The maximum atomic E-state index is 12.0. The molecule has 0 saturated heterocycles. The number of fused-ring (bicyclic) bond motifs is 5. The maximum Gasteiger partial charge on any atom is 0.415 e. The van der Waals surface area contributed by atoms with Gasteiger partial charge < -0.3 is 76.7 Å². The number of sulfonamides is 1. The number of hydrogen-bond donors (Lipinski definition) is 7. The van der Waals surface area contributed by atoms with E-state index in [0.717, 1.165) is 130 Å². The number of rotatable bonds is 29. The third-order valence-corrected chi connectivity index (χ3v) is 23.3. The second-order valence-electron chi connectivity index (χ2n) is 31.3. The van der Waals surface area contributed by atoms with Gasteiger partial charge in [-0.25, -0.2) is 37.7 Å². The van der Waals surface area contributed by atoms with Gasteiger partial charge in [-0.15, -0.1) is 11.6 Å². The number of nitrogens with one attached hydrogen (secondary N) is 7. The predicted octanol–water partition coefficient (Wildman–Crippen LogP) is 23.4. The van der Waals surface area contributed by atoms with Crippen LogP contribution in [0.25, 0.3) is 111 Å². The van der Waals surface area contributed by atoms with Gasteiger partial charge in [0, 0.05) is 128 Å². The fourth-order valence-electron chi connectivity index (χ4n) is 16.5. The first kappa shape index (κ1) is 104. The van der Waals surface area contributed by atoms with Crippen molar-refractivity contribution in [1.82, 2.24) is 33.5 Å². The lowest BCUT2D eigenvalue weighted by molar-refractivity contribution is 0.153. The lowest BCUT2D eigenvalue weighted by Gasteiger charge is -2.11. The van der Waals surface area contributed by atoms with E-state index in [4.69, 9.17) is 49.5 Å². The SMILES string of the molecule is CCCNC(=O)Nc1cccc(-c2c(C#N)c3cc(OC)ccc3n2CC)c1.CCCOC(=O)Nc1cccc(-c2c(C#N)c3cc(OC)ccc3n2CC)c1.CCOC(=O)NC(=O)Nc1cccc(-c2c(C#N)c3cc(OC)ccc3n2CC)c1.CCn1c(-c2cccc(NC(=O)OCCCCl)c2)c(C#N)c2cc(OC)ccc21.CCn1c(-c2cccc(NS(C)(=O)=O)c2)c(C#N)c2cc(OC)ccc21. The Morgan fingerprint density at radius 1 is 0.340 bits per heavy atom. The van der Waals surface area contributed by atoms with Crippen molar-refractivity contribution in [2.24, 2.45) is 0 Å². The summed E-state index contributed by atoms with van der Waals surface area (Å²) in [5.74, 6) is 3.91. The van der Waals surface area contributed by atoms with Crippen LogP contribution >= 0.6 is 11.6 Å². The molecule has 0 atom stereocenters. The van der Waals surface area contributed by atoms with Gasteiger partial charge in [-0.1, -0.05) is 74.5 Å². The summed E-state index contributed by atoms with van der Waals surface area (Å²) in [6.07, 6.45) is 1.50.